The first kappa shape index (κ1) is 17.8. The van der Waals surface area contributed by atoms with Gasteiger partial charge < -0.3 is 10.4 Å². The number of rotatable bonds is 5. The van der Waals surface area contributed by atoms with E-state index in [1.54, 1.807) is 0 Å². The molecule has 0 bridgehead atoms. The number of hydrogen-bond acceptors (Lipinski definition) is 3. The maximum atomic E-state index is 11.6. The Morgan fingerprint density at radius 3 is 2.62 bits per heavy atom. The molecule has 5 nitrogen and oxygen atoms in total. The van der Waals surface area contributed by atoms with E-state index in [4.69, 9.17) is 16.7 Å². The molecular weight excluding hydrogens is 315 g/mol. The van der Waals surface area contributed by atoms with Gasteiger partial charge in [0.2, 0.25) is 5.91 Å². The Morgan fingerprint density at radius 1 is 1.33 bits per heavy atom. The first-order valence-electron chi connectivity index (χ1n) is 6.51. The van der Waals surface area contributed by atoms with Crippen LogP contribution in [0.25, 0.3) is 0 Å². The number of carbonyl (C=O) groups excluding carboxylic acids is 1. The van der Waals surface area contributed by atoms with Gasteiger partial charge in [-0.3, -0.25) is 14.5 Å². The molecule has 0 saturated carbocycles. The number of aliphatic carboxylic acids is 1. The molecule has 2 N–H and O–H groups in total. The van der Waals surface area contributed by atoms with Crippen LogP contribution in [0.5, 0.6) is 0 Å². The minimum atomic E-state index is -1.03. The summed E-state index contributed by atoms with van der Waals surface area (Å²) in [4.78, 5) is 24.0. The van der Waals surface area contributed by atoms with E-state index in [2.05, 4.69) is 5.32 Å². The van der Waals surface area contributed by atoms with Gasteiger partial charge in [-0.2, -0.15) is 0 Å². The van der Waals surface area contributed by atoms with Crippen LogP contribution < -0.4 is 5.32 Å². The topological polar surface area (TPSA) is 69.6 Å². The molecule has 21 heavy (non-hydrogen) atoms. The van der Waals surface area contributed by atoms with Crippen LogP contribution in [0.4, 0.5) is 0 Å². The minimum absolute atomic E-state index is 0. The summed E-state index contributed by atoms with van der Waals surface area (Å²) < 4.78 is 0. The molecule has 7 heteroatoms. The van der Waals surface area contributed by atoms with E-state index in [0.29, 0.717) is 5.92 Å². The molecule has 1 amide bonds. The quantitative estimate of drug-likeness (QED) is 0.861. The maximum absolute atomic E-state index is 11.6. The van der Waals surface area contributed by atoms with Crippen molar-refractivity contribution in [2.75, 3.05) is 26.2 Å². The lowest BCUT2D eigenvalue weighted by atomic mass is 9.99. The SMILES string of the molecule is Cl.O=C(O)CNC(=O)CN1CCC(c2ccc(Cl)cc2)C1. The number of nitrogens with zero attached hydrogens (tertiary/aromatic N) is 1. The van der Waals surface area contributed by atoms with Crippen molar-refractivity contribution in [2.24, 2.45) is 0 Å². The van der Waals surface area contributed by atoms with Crippen LogP contribution >= 0.6 is 24.0 Å². The molecule has 1 fully saturated rings. The number of likely N-dealkylation sites (tertiary alicyclic amines) is 1. The number of nitrogens with one attached hydrogen (secondary N) is 1. The number of benzene rings is 1. The number of halogens is 2. The lowest BCUT2D eigenvalue weighted by Crippen LogP contribution is -2.38. The van der Waals surface area contributed by atoms with Crippen LogP contribution in [0, 0.1) is 0 Å². The summed E-state index contributed by atoms with van der Waals surface area (Å²) in [5.41, 5.74) is 1.22. The van der Waals surface area contributed by atoms with E-state index < -0.39 is 5.97 Å². The highest BCUT2D eigenvalue weighted by Gasteiger charge is 2.25. The molecule has 0 aliphatic carbocycles. The Morgan fingerprint density at radius 2 is 2.00 bits per heavy atom. The summed E-state index contributed by atoms with van der Waals surface area (Å²) in [5, 5.41) is 11.6. The molecule has 1 heterocycles. The Hall–Kier alpha value is -1.30. The average Bonchev–Trinajstić information content (AvgIpc) is 2.85. The second-order valence-corrected chi connectivity index (χ2v) is 5.38. The van der Waals surface area contributed by atoms with Crippen molar-refractivity contribution in [3.05, 3.63) is 34.9 Å². The van der Waals surface area contributed by atoms with Crippen LogP contribution in [-0.4, -0.2) is 48.1 Å². The van der Waals surface area contributed by atoms with Crippen molar-refractivity contribution in [2.45, 2.75) is 12.3 Å². The molecular formula is C14H18Cl2N2O3. The lowest BCUT2D eigenvalue weighted by Gasteiger charge is -2.15. The van der Waals surface area contributed by atoms with E-state index >= 15 is 0 Å². The highest BCUT2D eigenvalue weighted by molar-refractivity contribution is 6.30. The molecule has 0 aromatic heterocycles. The molecule has 1 aromatic carbocycles. The Balaban J connectivity index is 0.00000220. The molecule has 116 valence electrons. The molecule has 0 radical (unpaired) electrons. The third-order valence-electron chi connectivity index (χ3n) is 3.42. The van der Waals surface area contributed by atoms with E-state index in [1.165, 1.54) is 5.56 Å². The lowest BCUT2D eigenvalue weighted by molar-refractivity contribution is -0.138. The number of carboxylic acids is 1. The molecule has 1 unspecified atom stereocenters. The van der Waals surface area contributed by atoms with Crippen molar-refractivity contribution in [3.8, 4) is 0 Å². The van der Waals surface area contributed by atoms with Crippen LogP contribution in [-0.2, 0) is 9.59 Å². The van der Waals surface area contributed by atoms with Gasteiger partial charge in [0.05, 0.1) is 6.54 Å². The number of carbonyl (C=O) groups is 2. The van der Waals surface area contributed by atoms with E-state index in [9.17, 15) is 9.59 Å². The molecule has 1 aliphatic rings. The number of carboxylic acid groups (broad SMARTS) is 1. The highest BCUT2D eigenvalue weighted by atomic mass is 35.5. The van der Waals surface area contributed by atoms with Crippen LogP contribution in [0.3, 0.4) is 0 Å². The summed E-state index contributed by atoms with van der Waals surface area (Å²) in [6.45, 7) is 1.57. The third kappa shape index (κ3) is 5.53. The summed E-state index contributed by atoms with van der Waals surface area (Å²) in [6, 6.07) is 7.78. The van der Waals surface area contributed by atoms with Crippen molar-refractivity contribution in [1.82, 2.24) is 10.2 Å². The zero-order valence-electron chi connectivity index (χ0n) is 11.4. The standard InChI is InChI=1S/C14H17ClN2O3.ClH/c15-12-3-1-10(2-4-12)11-5-6-17(8-11)9-13(18)16-7-14(19)20;/h1-4,11H,5-9H2,(H,16,18)(H,19,20);1H. The van der Waals surface area contributed by atoms with Crippen molar-refractivity contribution >= 4 is 35.9 Å². The highest BCUT2D eigenvalue weighted by Crippen LogP contribution is 2.27. The van der Waals surface area contributed by atoms with Crippen molar-refractivity contribution in [1.29, 1.82) is 0 Å². The van der Waals surface area contributed by atoms with Gasteiger partial charge in [-0.15, -0.1) is 12.4 Å². The van der Waals surface area contributed by atoms with Gasteiger partial charge in [-0.1, -0.05) is 23.7 Å². The Bertz CT molecular complexity index is 493. The van der Waals surface area contributed by atoms with Gasteiger partial charge in [0.15, 0.2) is 0 Å². The summed E-state index contributed by atoms with van der Waals surface area (Å²) in [6.07, 6.45) is 0.994. The molecule has 0 spiro atoms. The van der Waals surface area contributed by atoms with E-state index in [-0.39, 0.29) is 31.4 Å². The molecule has 1 saturated heterocycles. The zero-order chi connectivity index (χ0) is 14.5. The van der Waals surface area contributed by atoms with Crippen LogP contribution in [0.1, 0.15) is 17.9 Å². The summed E-state index contributed by atoms with van der Waals surface area (Å²) in [5.74, 6) is -0.873. The predicted molar refractivity (Wildman–Crippen MR) is 83.1 cm³/mol. The normalized spacial score (nSPS) is 18.0. The van der Waals surface area contributed by atoms with E-state index in [0.717, 1.165) is 24.5 Å². The molecule has 1 aliphatic heterocycles. The van der Waals surface area contributed by atoms with Crippen molar-refractivity contribution < 1.29 is 14.7 Å². The molecule has 2 rings (SSSR count). The second kappa shape index (κ2) is 8.22. The fraction of sp³-hybridized carbons (Fsp3) is 0.429. The largest absolute Gasteiger partial charge is 0.480 e. The summed E-state index contributed by atoms with van der Waals surface area (Å²) in [7, 11) is 0. The average molecular weight is 333 g/mol. The fourth-order valence-electron chi connectivity index (χ4n) is 2.42. The first-order chi connectivity index (χ1) is 9.54. The maximum Gasteiger partial charge on any atom is 0.322 e. The van der Waals surface area contributed by atoms with Crippen LogP contribution in [0.15, 0.2) is 24.3 Å². The number of hydrogen-bond donors (Lipinski definition) is 2. The van der Waals surface area contributed by atoms with Gasteiger partial charge in [0.1, 0.15) is 6.54 Å². The molecule has 1 atom stereocenters. The van der Waals surface area contributed by atoms with Crippen LogP contribution in [0.2, 0.25) is 5.02 Å². The number of amides is 1. The van der Waals surface area contributed by atoms with Gasteiger partial charge >= 0.3 is 5.97 Å². The summed E-state index contributed by atoms with van der Waals surface area (Å²) >= 11 is 5.86. The van der Waals surface area contributed by atoms with Gasteiger partial charge in [0, 0.05) is 11.6 Å². The first-order valence-corrected chi connectivity index (χ1v) is 6.88. The minimum Gasteiger partial charge on any atom is -0.480 e. The van der Waals surface area contributed by atoms with Crippen molar-refractivity contribution in [3.63, 3.8) is 0 Å². The smallest absolute Gasteiger partial charge is 0.322 e. The monoisotopic (exact) mass is 332 g/mol. The zero-order valence-corrected chi connectivity index (χ0v) is 13.0. The Labute approximate surface area is 134 Å². The fourth-order valence-corrected chi connectivity index (χ4v) is 2.54. The Kier molecular flexibility index (Phi) is 6.95. The molecule has 1 aromatic rings. The second-order valence-electron chi connectivity index (χ2n) is 4.94. The third-order valence-corrected chi connectivity index (χ3v) is 3.67. The predicted octanol–water partition coefficient (Wildman–Crippen LogP) is 1.75. The van der Waals surface area contributed by atoms with Gasteiger partial charge in [-0.25, -0.2) is 0 Å². The van der Waals surface area contributed by atoms with Gasteiger partial charge in [-0.05, 0) is 36.6 Å². The van der Waals surface area contributed by atoms with Gasteiger partial charge in [0.25, 0.3) is 0 Å². The van der Waals surface area contributed by atoms with E-state index in [1.807, 2.05) is 29.2 Å².